The summed E-state index contributed by atoms with van der Waals surface area (Å²) in [5.41, 5.74) is 4.27. The number of hydrogen-bond acceptors (Lipinski definition) is 3. The smallest absolute Gasteiger partial charge is 0.258 e. The minimum atomic E-state index is -0.159. The number of rotatable bonds is 6. The lowest BCUT2D eigenvalue weighted by molar-refractivity contribution is -0.123. The fraction of sp³-hybridized carbons (Fsp3) is 0.136. The molecule has 0 saturated carbocycles. The van der Waals surface area contributed by atoms with Gasteiger partial charge in [0.1, 0.15) is 11.5 Å². The van der Waals surface area contributed by atoms with Crippen LogP contribution in [0.4, 0.5) is 0 Å². The molecule has 0 unspecified atom stereocenters. The third-order valence-electron chi connectivity index (χ3n) is 4.04. The molecule has 3 aromatic rings. The first-order chi connectivity index (χ1) is 12.6. The summed E-state index contributed by atoms with van der Waals surface area (Å²) in [6.07, 6.45) is 0. The van der Waals surface area contributed by atoms with Crippen molar-refractivity contribution in [3.8, 4) is 22.6 Å². The van der Waals surface area contributed by atoms with Crippen molar-refractivity contribution in [3.63, 3.8) is 0 Å². The molecule has 1 amide bonds. The first kappa shape index (κ1) is 17.5. The molecule has 0 aliphatic heterocycles. The molecule has 3 rings (SSSR count). The quantitative estimate of drug-likeness (QED) is 0.707. The third-order valence-corrected chi connectivity index (χ3v) is 4.04. The van der Waals surface area contributed by atoms with E-state index in [2.05, 4.69) is 5.32 Å². The van der Waals surface area contributed by atoms with Crippen LogP contribution in [0.5, 0.6) is 11.5 Å². The summed E-state index contributed by atoms with van der Waals surface area (Å²) < 4.78 is 5.53. The molecule has 3 aromatic carbocycles. The summed E-state index contributed by atoms with van der Waals surface area (Å²) in [6.45, 7) is 2.50. The van der Waals surface area contributed by atoms with E-state index >= 15 is 0 Å². The Kier molecular flexibility index (Phi) is 5.54. The molecule has 0 fully saturated rings. The first-order valence-electron chi connectivity index (χ1n) is 8.45. The van der Waals surface area contributed by atoms with Crippen LogP contribution in [0.1, 0.15) is 11.1 Å². The third kappa shape index (κ3) is 4.86. The molecule has 0 bridgehead atoms. The van der Waals surface area contributed by atoms with Crippen molar-refractivity contribution in [1.82, 2.24) is 5.32 Å². The molecule has 0 spiro atoms. The lowest BCUT2D eigenvalue weighted by Crippen LogP contribution is -2.28. The number of phenols is 1. The van der Waals surface area contributed by atoms with Crippen molar-refractivity contribution < 1.29 is 14.6 Å². The number of aryl methyl sites for hydroxylation is 1. The van der Waals surface area contributed by atoms with Crippen LogP contribution < -0.4 is 10.1 Å². The van der Waals surface area contributed by atoms with Gasteiger partial charge in [0.25, 0.3) is 5.91 Å². The van der Waals surface area contributed by atoms with Gasteiger partial charge in [-0.3, -0.25) is 4.79 Å². The summed E-state index contributed by atoms with van der Waals surface area (Å²) in [7, 11) is 0. The van der Waals surface area contributed by atoms with E-state index in [-0.39, 0.29) is 18.3 Å². The van der Waals surface area contributed by atoms with Gasteiger partial charge in [0, 0.05) is 6.54 Å². The second-order valence-electron chi connectivity index (χ2n) is 6.12. The molecular weight excluding hydrogens is 326 g/mol. The van der Waals surface area contributed by atoms with Gasteiger partial charge in [0.05, 0.1) is 0 Å². The topological polar surface area (TPSA) is 58.6 Å². The van der Waals surface area contributed by atoms with Gasteiger partial charge in [0.15, 0.2) is 6.61 Å². The Balaban J connectivity index is 1.49. The number of hydrogen-bond donors (Lipinski definition) is 2. The number of carbonyl (C=O) groups is 1. The molecule has 0 aliphatic rings. The summed E-state index contributed by atoms with van der Waals surface area (Å²) >= 11 is 0. The molecule has 0 atom stereocenters. The van der Waals surface area contributed by atoms with Gasteiger partial charge in [-0.25, -0.2) is 0 Å². The highest BCUT2D eigenvalue weighted by atomic mass is 16.5. The van der Waals surface area contributed by atoms with E-state index in [0.29, 0.717) is 12.3 Å². The average molecular weight is 347 g/mol. The molecule has 0 aromatic heterocycles. The van der Waals surface area contributed by atoms with Crippen molar-refractivity contribution in [2.45, 2.75) is 13.5 Å². The predicted molar refractivity (Wildman–Crippen MR) is 102 cm³/mol. The maximum absolute atomic E-state index is 11.9. The van der Waals surface area contributed by atoms with Gasteiger partial charge in [-0.1, -0.05) is 54.1 Å². The number of carbonyl (C=O) groups excluding carboxylic acids is 1. The fourth-order valence-corrected chi connectivity index (χ4v) is 2.50. The molecule has 0 saturated heterocycles. The van der Waals surface area contributed by atoms with Crippen LogP contribution in [-0.4, -0.2) is 17.6 Å². The molecule has 0 heterocycles. The zero-order valence-corrected chi connectivity index (χ0v) is 14.6. The molecule has 4 heteroatoms. The summed E-state index contributed by atoms with van der Waals surface area (Å²) in [6, 6.07) is 22.5. The number of nitrogens with one attached hydrogen (secondary N) is 1. The normalized spacial score (nSPS) is 10.3. The number of benzene rings is 3. The van der Waals surface area contributed by atoms with Gasteiger partial charge < -0.3 is 15.2 Å². The highest BCUT2D eigenvalue weighted by Gasteiger charge is 2.04. The lowest BCUT2D eigenvalue weighted by atomic mass is 10.1. The number of ether oxygens (including phenoxy) is 1. The Hall–Kier alpha value is -3.27. The second-order valence-corrected chi connectivity index (χ2v) is 6.12. The van der Waals surface area contributed by atoms with Crippen molar-refractivity contribution in [3.05, 3.63) is 83.9 Å². The summed E-state index contributed by atoms with van der Waals surface area (Å²) in [5.74, 6) is 0.719. The molecule has 132 valence electrons. The Morgan fingerprint density at radius 1 is 0.885 bits per heavy atom. The van der Waals surface area contributed by atoms with E-state index in [1.165, 1.54) is 5.56 Å². The lowest BCUT2D eigenvalue weighted by Gasteiger charge is -2.09. The van der Waals surface area contributed by atoms with Crippen LogP contribution in [0, 0.1) is 6.92 Å². The van der Waals surface area contributed by atoms with Crippen LogP contribution in [0.2, 0.25) is 0 Å². The van der Waals surface area contributed by atoms with Crippen molar-refractivity contribution in [2.75, 3.05) is 6.61 Å². The monoisotopic (exact) mass is 347 g/mol. The van der Waals surface area contributed by atoms with Crippen molar-refractivity contribution >= 4 is 5.91 Å². The van der Waals surface area contributed by atoms with Gasteiger partial charge >= 0.3 is 0 Å². The maximum atomic E-state index is 11.9. The van der Waals surface area contributed by atoms with E-state index in [1.54, 1.807) is 12.1 Å². The minimum absolute atomic E-state index is 0.0234. The molecule has 0 radical (unpaired) electrons. The Morgan fingerprint density at radius 2 is 1.46 bits per heavy atom. The van der Waals surface area contributed by atoms with Crippen molar-refractivity contribution in [2.24, 2.45) is 0 Å². The molecule has 2 N–H and O–H groups in total. The fourth-order valence-electron chi connectivity index (χ4n) is 2.50. The number of phenolic OH excluding ortho intramolecular Hbond substituents is 1. The van der Waals surface area contributed by atoms with E-state index < -0.39 is 0 Å². The van der Waals surface area contributed by atoms with Crippen LogP contribution in [0.25, 0.3) is 11.1 Å². The highest BCUT2D eigenvalue weighted by Crippen LogP contribution is 2.24. The Labute approximate surface area is 153 Å². The van der Waals surface area contributed by atoms with Crippen LogP contribution in [-0.2, 0) is 11.3 Å². The number of aromatic hydroxyl groups is 1. The van der Waals surface area contributed by atoms with Gasteiger partial charge in [-0.05, 0) is 47.9 Å². The molecule has 26 heavy (non-hydrogen) atoms. The van der Waals surface area contributed by atoms with Gasteiger partial charge in [-0.2, -0.15) is 0 Å². The maximum Gasteiger partial charge on any atom is 0.258 e. The Bertz CT molecular complexity index is 853. The Morgan fingerprint density at radius 3 is 2.08 bits per heavy atom. The van der Waals surface area contributed by atoms with Crippen LogP contribution >= 0.6 is 0 Å². The minimum Gasteiger partial charge on any atom is -0.508 e. The zero-order valence-electron chi connectivity index (χ0n) is 14.6. The van der Waals surface area contributed by atoms with Gasteiger partial charge in [0.2, 0.25) is 0 Å². The van der Waals surface area contributed by atoms with E-state index in [0.717, 1.165) is 16.7 Å². The standard InChI is InChI=1S/C22H21NO3/c1-16-2-4-17(5-3-16)14-23-22(25)15-26-21-12-8-19(9-13-21)18-6-10-20(24)11-7-18/h2-13,24H,14-15H2,1H3,(H,23,25). The van der Waals surface area contributed by atoms with Gasteiger partial charge in [-0.15, -0.1) is 0 Å². The number of amides is 1. The highest BCUT2D eigenvalue weighted by molar-refractivity contribution is 5.77. The second kappa shape index (κ2) is 8.21. The van der Waals surface area contributed by atoms with E-state index in [4.69, 9.17) is 4.74 Å². The largest absolute Gasteiger partial charge is 0.508 e. The molecule has 0 aliphatic carbocycles. The zero-order chi connectivity index (χ0) is 18.4. The van der Waals surface area contributed by atoms with Crippen LogP contribution in [0.3, 0.4) is 0 Å². The van der Waals surface area contributed by atoms with E-state index in [9.17, 15) is 9.90 Å². The predicted octanol–water partition coefficient (Wildman–Crippen LogP) is 4.06. The average Bonchev–Trinajstić information content (AvgIpc) is 2.67. The van der Waals surface area contributed by atoms with Crippen LogP contribution in [0.15, 0.2) is 72.8 Å². The van der Waals surface area contributed by atoms with Crippen molar-refractivity contribution in [1.29, 1.82) is 0 Å². The SMILES string of the molecule is Cc1ccc(CNC(=O)COc2ccc(-c3ccc(O)cc3)cc2)cc1. The molecule has 4 nitrogen and oxygen atoms in total. The summed E-state index contributed by atoms with van der Waals surface area (Å²) in [5, 5.41) is 12.2. The van der Waals surface area contributed by atoms with E-state index in [1.807, 2.05) is 67.6 Å². The summed E-state index contributed by atoms with van der Waals surface area (Å²) in [4.78, 5) is 11.9. The molecular formula is C22H21NO3. The first-order valence-corrected chi connectivity index (χ1v) is 8.45.